The quantitative estimate of drug-likeness (QED) is 0.893. The predicted octanol–water partition coefficient (Wildman–Crippen LogP) is 3.12. The van der Waals surface area contributed by atoms with E-state index < -0.39 is 16.8 Å². The van der Waals surface area contributed by atoms with Crippen molar-refractivity contribution in [3.05, 3.63) is 45.9 Å². The number of thiazole rings is 1. The van der Waals surface area contributed by atoms with E-state index in [1.54, 1.807) is 0 Å². The lowest BCUT2D eigenvalue weighted by Gasteiger charge is -2.21. The van der Waals surface area contributed by atoms with Gasteiger partial charge < -0.3 is 10.2 Å². The Morgan fingerprint density at radius 1 is 1.16 bits per heavy atom. The molecule has 0 aliphatic rings. The van der Waals surface area contributed by atoms with Crippen LogP contribution < -0.4 is 0 Å². The number of aliphatic hydroxyl groups is 1. The van der Waals surface area contributed by atoms with E-state index in [4.69, 9.17) is 5.11 Å². The molecule has 7 heteroatoms. The molecule has 1 heterocycles. The first kappa shape index (κ1) is 13.8. The number of aromatic nitrogens is 1. The Morgan fingerprint density at radius 2 is 1.74 bits per heavy atom. The van der Waals surface area contributed by atoms with E-state index in [1.165, 1.54) is 31.2 Å². The second-order valence-corrected chi connectivity index (χ2v) is 5.18. The highest BCUT2D eigenvalue weighted by atomic mass is 32.1. The van der Waals surface area contributed by atoms with E-state index >= 15 is 0 Å². The molecule has 1 aromatic heterocycles. The van der Waals surface area contributed by atoms with Gasteiger partial charge in [-0.25, -0.2) is 4.98 Å². The molecule has 0 fully saturated rings. The highest BCUT2D eigenvalue weighted by molar-refractivity contribution is 7.11. The summed E-state index contributed by atoms with van der Waals surface area (Å²) < 4.78 is 37.4. The molecule has 102 valence electrons. The number of hydrogen-bond acceptors (Lipinski definition) is 4. The van der Waals surface area contributed by atoms with E-state index in [1.807, 2.05) is 0 Å². The Bertz CT molecular complexity index is 575. The average molecular weight is 289 g/mol. The maximum absolute atomic E-state index is 12.5. The molecule has 0 saturated heterocycles. The molecule has 2 rings (SSSR count). The maximum Gasteiger partial charge on any atom is 0.443 e. The third-order valence-electron chi connectivity index (χ3n) is 2.66. The van der Waals surface area contributed by atoms with Crippen LogP contribution in [0.15, 0.2) is 30.5 Å². The lowest BCUT2D eigenvalue weighted by Crippen LogP contribution is -2.21. The molecule has 1 aromatic carbocycles. The van der Waals surface area contributed by atoms with Crippen LogP contribution in [0.2, 0.25) is 0 Å². The summed E-state index contributed by atoms with van der Waals surface area (Å²) >= 11 is 0.397. The Balaban J connectivity index is 2.39. The minimum Gasteiger partial charge on any atom is -0.508 e. The Morgan fingerprint density at radius 3 is 2.21 bits per heavy atom. The topological polar surface area (TPSA) is 53.4 Å². The van der Waals surface area contributed by atoms with Crippen molar-refractivity contribution in [1.82, 2.24) is 4.98 Å². The zero-order valence-electron chi connectivity index (χ0n) is 9.77. The molecule has 1 unspecified atom stereocenters. The smallest absolute Gasteiger partial charge is 0.443 e. The van der Waals surface area contributed by atoms with Crippen LogP contribution in [0.4, 0.5) is 13.2 Å². The summed E-state index contributed by atoms with van der Waals surface area (Å²) in [5.41, 5.74) is -1.21. The molecule has 1 atom stereocenters. The van der Waals surface area contributed by atoms with Crippen LogP contribution in [0.5, 0.6) is 5.75 Å². The van der Waals surface area contributed by atoms with Crippen LogP contribution in [-0.4, -0.2) is 15.2 Å². The van der Waals surface area contributed by atoms with Crippen molar-refractivity contribution in [3.63, 3.8) is 0 Å². The number of rotatable bonds is 2. The molecule has 0 bridgehead atoms. The highest BCUT2D eigenvalue weighted by Crippen LogP contribution is 2.38. The van der Waals surface area contributed by atoms with Crippen LogP contribution in [0.1, 0.15) is 22.4 Å². The van der Waals surface area contributed by atoms with E-state index in [-0.39, 0.29) is 10.6 Å². The van der Waals surface area contributed by atoms with Gasteiger partial charge >= 0.3 is 6.18 Å². The van der Waals surface area contributed by atoms with Crippen LogP contribution in [0.25, 0.3) is 0 Å². The number of phenols is 1. The molecule has 0 amide bonds. The van der Waals surface area contributed by atoms with Crippen molar-refractivity contribution >= 4 is 11.3 Å². The lowest BCUT2D eigenvalue weighted by atomic mass is 9.95. The number of halogens is 3. The largest absolute Gasteiger partial charge is 0.508 e. The normalized spacial score (nSPS) is 15.2. The summed E-state index contributed by atoms with van der Waals surface area (Å²) in [5.74, 6) is 0.0137. The lowest BCUT2D eigenvalue weighted by molar-refractivity contribution is -0.137. The first-order chi connectivity index (χ1) is 8.71. The Labute approximate surface area is 111 Å². The van der Waals surface area contributed by atoms with Gasteiger partial charge in [0.05, 0.1) is 4.88 Å². The minimum absolute atomic E-state index is 0.0137. The van der Waals surface area contributed by atoms with Crippen LogP contribution in [0.3, 0.4) is 0 Å². The molecule has 0 aliphatic heterocycles. The van der Waals surface area contributed by atoms with Crippen LogP contribution >= 0.6 is 11.3 Å². The van der Waals surface area contributed by atoms with E-state index in [0.29, 0.717) is 16.9 Å². The van der Waals surface area contributed by atoms with Crippen molar-refractivity contribution in [2.45, 2.75) is 18.7 Å². The van der Waals surface area contributed by atoms with Crippen LogP contribution in [-0.2, 0) is 11.8 Å². The minimum atomic E-state index is -4.52. The van der Waals surface area contributed by atoms with Gasteiger partial charge in [0.2, 0.25) is 0 Å². The molecule has 0 radical (unpaired) electrons. The number of alkyl halides is 3. The van der Waals surface area contributed by atoms with Gasteiger partial charge in [-0.2, -0.15) is 13.2 Å². The molecule has 0 saturated carbocycles. The summed E-state index contributed by atoms with van der Waals surface area (Å²) in [4.78, 5) is 3.37. The highest BCUT2D eigenvalue weighted by Gasteiger charge is 2.37. The number of aromatic hydroxyl groups is 1. The second-order valence-electron chi connectivity index (χ2n) is 4.15. The molecule has 0 spiro atoms. The Hall–Kier alpha value is -1.60. The molecule has 0 aliphatic carbocycles. The van der Waals surface area contributed by atoms with E-state index in [2.05, 4.69) is 4.98 Å². The fourth-order valence-electron chi connectivity index (χ4n) is 1.56. The van der Waals surface area contributed by atoms with Crippen molar-refractivity contribution in [1.29, 1.82) is 0 Å². The summed E-state index contributed by atoms with van der Waals surface area (Å²) in [6, 6.07) is 5.61. The van der Waals surface area contributed by atoms with Crippen LogP contribution in [0, 0.1) is 0 Å². The zero-order valence-corrected chi connectivity index (χ0v) is 10.6. The first-order valence-corrected chi connectivity index (χ1v) is 6.08. The second kappa shape index (κ2) is 4.50. The van der Waals surface area contributed by atoms with Crippen molar-refractivity contribution in [3.8, 4) is 5.75 Å². The van der Waals surface area contributed by atoms with Gasteiger partial charge in [-0.1, -0.05) is 12.1 Å². The number of nitrogens with zero attached hydrogens (tertiary/aromatic N) is 1. The van der Waals surface area contributed by atoms with Gasteiger partial charge in [-0.05, 0) is 24.6 Å². The van der Waals surface area contributed by atoms with Gasteiger partial charge in [0.1, 0.15) is 11.4 Å². The maximum atomic E-state index is 12.5. The molecule has 3 nitrogen and oxygen atoms in total. The average Bonchev–Trinajstić information content (AvgIpc) is 2.79. The van der Waals surface area contributed by atoms with Gasteiger partial charge in [0.15, 0.2) is 5.01 Å². The monoisotopic (exact) mass is 289 g/mol. The van der Waals surface area contributed by atoms with Crippen molar-refractivity contribution < 1.29 is 23.4 Å². The molecule has 19 heavy (non-hydrogen) atoms. The molecule has 2 N–H and O–H groups in total. The Kier molecular flexibility index (Phi) is 3.27. The van der Waals surface area contributed by atoms with Crippen molar-refractivity contribution in [2.75, 3.05) is 0 Å². The van der Waals surface area contributed by atoms with E-state index in [0.717, 1.165) is 6.20 Å². The SMILES string of the molecule is CC(O)(c1ccc(O)cc1)c1cnc(C(F)(F)F)s1. The van der Waals surface area contributed by atoms with Gasteiger partial charge in [0.25, 0.3) is 0 Å². The zero-order chi connectivity index (χ0) is 14.3. The van der Waals surface area contributed by atoms with Gasteiger partial charge in [-0.15, -0.1) is 11.3 Å². The fraction of sp³-hybridized carbons (Fsp3) is 0.250. The van der Waals surface area contributed by atoms with Gasteiger partial charge in [-0.3, -0.25) is 0 Å². The van der Waals surface area contributed by atoms with Crippen molar-refractivity contribution in [2.24, 2.45) is 0 Å². The molecular weight excluding hydrogens is 279 g/mol. The number of benzene rings is 1. The predicted molar refractivity (Wildman–Crippen MR) is 63.9 cm³/mol. The summed E-state index contributed by atoms with van der Waals surface area (Å²) in [6.45, 7) is 1.38. The summed E-state index contributed by atoms with van der Waals surface area (Å²) in [7, 11) is 0. The summed E-state index contributed by atoms with van der Waals surface area (Å²) in [6.07, 6.45) is -3.51. The molecule has 2 aromatic rings. The number of phenolic OH excluding ortho intramolecular Hbond substituents is 1. The summed E-state index contributed by atoms with van der Waals surface area (Å²) in [5, 5.41) is 18.5. The van der Waals surface area contributed by atoms with E-state index in [9.17, 15) is 18.3 Å². The standard InChI is InChI=1S/C12H10F3NO2S/c1-11(18,7-2-4-8(17)5-3-7)9-6-16-10(19-9)12(13,14)15/h2-6,17-18H,1H3. The van der Waals surface area contributed by atoms with Gasteiger partial charge in [0, 0.05) is 6.20 Å². The number of hydrogen-bond donors (Lipinski definition) is 2. The molecular formula is C12H10F3NO2S. The third kappa shape index (κ3) is 2.71. The first-order valence-electron chi connectivity index (χ1n) is 5.26. The fourth-order valence-corrected chi connectivity index (χ4v) is 2.41. The third-order valence-corrected chi connectivity index (χ3v) is 3.91.